The minimum atomic E-state index is -0.116. The fourth-order valence-electron chi connectivity index (χ4n) is 4.24. The first-order valence-electron chi connectivity index (χ1n) is 11.0. The van der Waals surface area contributed by atoms with E-state index in [0.29, 0.717) is 17.9 Å². The highest BCUT2D eigenvalue weighted by molar-refractivity contribution is 5.93. The van der Waals surface area contributed by atoms with Crippen LogP contribution in [0.25, 0.3) is 16.9 Å². The standard InChI is InChI=1S/C24H29N3O3/c1-3-4-14-30-19-12-10-18(11-13-19)23-22(17-8-6-5-7-9-17)24(29)27-21(25-23)15-20(26-27)16(2)28/h10-13,15,17,26H,3-9,14H2,1-2H3. The topological polar surface area (TPSA) is 76.5 Å². The van der Waals surface area contributed by atoms with Gasteiger partial charge in [0.05, 0.1) is 12.3 Å². The molecule has 1 saturated carbocycles. The molecule has 0 spiro atoms. The average Bonchev–Trinajstić information content (AvgIpc) is 3.20. The number of aromatic nitrogens is 3. The van der Waals surface area contributed by atoms with Crippen LogP contribution in [0.3, 0.4) is 0 Å². The zero-order chi connectivity index (χ0) is 21.1. The van der Waals surface area contributed by atoms with E-state index in [2.05, 4.69) is 12.0 Å². The van der Waals surface area contributed by atoms with Gasteiger partial charge in [-0.05, 0) is 49.4 Å². The second-order valence-electron chi connectivity index (χ2n) is 8.16. The molecule has 2 heterocycles. The van der Waals surface area contributed by atoms with Gasteiger partial charge in [-0.25, -0.2) is 9.50 Å². The van der Waals surface area contributed by atoms with E-state index in [1.54, 1.807) is 6.07 Å². The Morgan fingerprint density at radius 3 is 2.60 bits per heavy atom. The Balaban J connectivity index is 1.80. The van der Waals surface area contributed by atoms with Gasteiger partial charge in [-0.2, -0.15) is 0 Å². The molecule has 3 aromatic rings. The number of H-pyrrole nitrogens is 1. The van der Waals surface area contributed by atoms with Crippen LogP contribution in [0.5, 0.6) is 5.75 Å². The van der Waals surface area contributed by atoms with E-state index in [1.165, 1.54) is 17.9 Å². The summed E-state index contributed by atoms with van der Waals surface area (Å²) in [5, 5.41) is 2.93. The van der Waals surface area contributed by atoms with Gasteiger partial charge in [-0.1, -0.05) is 32.6 Å². The third-order valence-corrected chi connectivity index (χ3v) is 5.94. The van der Waals surface area contributed by atoms with Gasteiger partial charge in [0.1, 0.15) is 11.4 Å². The van der Waals surface area contributed by atoms with E-state index in [-0.39, 0.29) is 17.3 Å². The largest absolute Gasteiger partial charge is 0.494 e. The summed E-state index contributed by atoms with van der Waals surface area (Å²) in [6.45, 7) is 4.32. The van der Waals surface area contributed by atoms with E-state index >= 15 is 0 Å². The predicted octanol–water partition coefficient (Wildman–Crippen LogP) is 5.12. The molecule has 2 aromatic heterocycles. The molecule has 1 aromatic carbocycles. The fraction of sp³-hybridized carbons (Fsp3) is 0.458. The first-order chi connectivity index (χ1) is 14.6. The van der Waals surface area contributed by atoms with E-state index < -0.39 is 0 Å². The summed E-state index contributed by atoms with van der Waals surface area (Å²) >= 11 is 0. The van der Waals surface area contributed by atoms with Gasteiger partial charge >= 0.3 is 0 Å². The lowest BCUT2D eigenvalue weighted by Gasteiger charge is -2.23. The Labute approximate surface area is 176 Å². The minimum absolute atomic E-state index is 0.0994. The first-order valence-corrected chi connectivity index (χ1v) is 11.0. The first kappa shape index (κ1) is 20.4. The lowest BCUT2D eigenvalue weighted by Crippen LogP contribution is -2.25. The number of rotatable bonds is 7. The normalized spacial score (nSPS) is 14.9. The highest BCUT2D eigenvalue weighted by Gasteiger charge is 2.25. The molecule has 1 aliphatic carbocycles. The Kier molecular flexibility index (Phi) is 6.02. The van der Waals surface area contributed by atoms with Crippen LogP contribution in [-0.4, -0.2) is 27.0 Å². The fourth-order valence-corrected chi connectivity index (χ4v) is 4.24. The molecule has 6 nitrogen and oxygen atoms in total. The number of carbonyl (C=O) groups excluding carboxylic acids is 1. The summed E-state index contributed by atoms with van der Waals surface area (Å²) in [5.41, 5.74) is 3.15. The summed E-state index contributed by atoms with van der Waals surface area (Å²) in [6.07, 6.45) is 7.57. The van der Waals surface area contributed by atoms with Crippen LogP contribution in [0.15, 0.2) is 35.1 Å². The molecule has 0 amide bonds. The van der Waals surface area contributed by atoms with Crippen LogP contribution < -0.4 is 10.3 Å². The lowest BCUT2D eigenvalue weighted by molar-refractivity contribution is 0.101. The highest BCUT2D eigenvalue weighted by atomic mass is 16.5. The molecule has 1 aliphatic rings. The zero-order valence-corrected chi connectivity index (χ0v) is 17.7. The van der Waals surface area contributed by atoms with Crippen molar-refractivity contribution in [3.63, 3.8) is 0 Å². The van der Waals surface area contributed by atoms with Crippen LogP contribution in [0.2, 0.25) is 0 Å². The number of ether oxygens (including phenoxy) is 1. The van der Waals surface area contributed by atoms with Gasteiger partial charge in [0.25, 0.3) is 5.56 Å². The number of ketones is 1. The third kappa shape index (κ3) is 4.04. The van der Waals surface area contributed by atoms with Gasteiger partial charge in [0, 0.05) is 24.1 Å². The number of nitrogens with one attached hydrogen (secondary N) is 1. The average molecular weight is 408 g/mol. The van der Waals surface area contributed by atoms with Crippen molar-refractivity contribution in [3.8, 4) is 17.0 Å². The van der Waals surface area contributed by atoms with Gasteiger partial charge in [0.2, 0.25) is 0 Å². The Morgan fingerprint density at radius 2 is 1.93 bits per heavy atom. The summed E-state index contributed by atoms with van der Waals surface area (Å²) in [7, 11) is 0. The molecule has 6 heteroatoms. The van der Waals surface area contributed by atoms with Crippen LogP contribution in [-0.2, 0) is 0 Å². The Bertz CT molecular complexity index is 1090. The van der Waals surface area contributed by atoms with Crippen molar-refractivity contribution in [2.24, 2.45) is 0 Å². The molecule has 0 bridgehead atoms. The molecule has 158 valence electrons. The van der Waals surface area contributed by atoms with Gasteiger partial charge < -0.3 is 4.74 Å². The van der Waals surface area contributed by atoms with Crippen molar-refractivity contribution < 1.29 is 9.53 Å². The lowest BCUT2D eigenvalue weighted by atomic mass is 9.83. The molecule has 30 heavy (non-hydrogen) atoms. The maximum atomic E-state index is 13.5. The molecule has 0 atom stereocenters. The van der Waals surface area contributed by atoms with Crippen molar-refractivity contribution in [1.29, 1.82) is 0 Å². The summed E-state index contributed by atoms with van der Waals surface area (Å²) in [4.78, 5) is 30.1. The molecular weight excluding hydrogens is 378 g/mol. The minimum Gasteiger partial charge on any atom is -0.494 e. The van der Waals surface area contributed by atoms with Crippen LogP contribution in [0.1, 0.15) is 80.8 Å². The number of nitrogens with zero attached hydrogens (tertiary/aromatic N) is 2. The van der Waals surface area contributed by atoms with Crippen molar-refractivity contribution in [2.75, 3.05) is 6.61 Å². The van der Waals surface area contributed by atoms with Crippen molar-refractivity contribution in [2.45, 2.75) is 64.7 Å². The maximum Gasteiger partial charge on any atom is 0.276 e. The number of unbranched alkanes of at least 4 members (excludes halogenated alkanes) is 1. The molecule has 1 fully saturated rings. The number of fused-ring (bicyclic) bond motifs is 1. The number of benzene rings is 1. The van der Waals surface area contributed by atoms with E-state index in [9.17, 15) is 9.59 Å². The van der Waals surface area contributed by atoms with Gasteiger partial charge in [-0.15, -0.1) is 0 Å². The quantitative estimate of drug-likeness (QED) is 0.436. The maximum absolute atomic E-state index is 13.5. The zero-order valence-electron chi connectivity index (χ0n) is 17.7. The second kappa shape index (κ2) is 8.86. The number of carbonyl (C=O) groups is 1. The summed E-state index contributed by atoms with van der Waals surface area (Å²) < 4.78 is 7.20. The van der Waals surface area contributed by atoms with Crippen molar-refractivity contribution in [3.05, 3.63) is 51.9 Å². The monoisotopic (exact) mass is 407 g/mol. The van der Waals surface area contributed by atoms with E-state index in [0.717, 1.165) is 61.1 Å². The molecule has 0 saturated heterocycles. The van der Waals surface area contributed by atoms with E-state index in [1.807, 2.05) is 24.3 Å². The van der Waals surface area contributed by atoms with Gasteiger partial charge in [-0.3, -0.25) is 14.7 Å². The molecular formula is C24H29N3O3. The third-order valence-electron chi connectivity index (χ3n) is 5.94. The molecule has 0 radical (unpaired) electrons. The molecule has 1 N–H and O–H groups in total. The number of aromatic amines is 1. The Morgan fingerprint density at radius 1 is 1.20 bits per heavy atom. The van der Waals surface area contributed by atoms with Crippen LogP contribution >= 0.6 is 0 Å². The second-order valence-corrected chi connectivity index (χ2v) is 8.16. The number of Topliss-reactive ketones (excluding diaryl/α,β-unsaturated/α-hetero) is 1. The van der Waals surface area contributed by atoms with Crippen LogP contribution in [0.4, 0.5) is 0 Å². The number of hydrogen-bond donors (Lipinski definition) is 1. The summed E-state index contributed by atoms with van der Waals surface area (Å²) in [5.74, 6) is 0.897. The molecule has 0 aliphatic heterocycles. The van der Waals surface area contributed by atoms with Crippen molar-refractivity contribution in [1.82, 2.24) is 14.6 Å². The van der Waals surface area contributed by atoms with Crippen LogP contribution in [0, 0.1) is 0 Å². The predicted molar refractivity (Wildman–Crippen MR) is 117 cm³/mol. The molecule has 4 rings (SSSR count). The van der Waals surface area contributed by atoms with Gasteiger partial charge in [0.15, 0.2) is 11.4 Å². The van der Waals surface area contributed by atoms with E-state index in [4.69, 9.17) is 9.72 Å². The van der Waals surface area contributed by atoms with Crippen molar-refractivity contribution >= 4 is 11.4 Å². The molecule has 0 unspecified atom stereocenters. The number of hydrogen-bond acceptors (Lipinski definition) is 4. The SMILES string of the molecule is CCCCOc1ccc(-c2nc3cc(C(C)=O)[nH]n3c(=O)c2C2CCCCC2)cc1. The smallest absolute Gasteiger partial charge is 0.276 e. The highest BCUT2D eigenvalue weighted by Crippen LogP contribution is 2.36. The Hall–Kier alpha value is -2.89. The summed E-state index contributed by atoms with van der Waals surface area (Å²) in [6, 6.07) is 9.49.